The minimum absolute atomic E-state index is 0.0468. The first kappa shape index (κ1) is 13.1. The third-order valence-corrected chi connectivity index (χ3v) is 5.41. The molecular formula is C17H16ClNO2. The smallest absolute Gasteiger partial charge is 0.238 e. The molecule has 0 unspecified atom stereocenters. The van der Waals surface area contributed by atoms with Gasteiger partial charge in [0, 0.05) is 5.02 Å². The van der Waals surface area contributed by atoms with E-state index in [0.717, 1.165) is 18.4 Å². The number of aryl methyl sites for hydroxylation is 1. The van der Waals surface area contributed by atoms with Crippen LogP contribution in [0.1, 0.15) is 18.4 Å². The summed E-state index contributed by atoms with van der Waals surface area (Å²) in [4.78, 5) is 27.0. The van der Waals surface area contributed by atoms with Crippen LogP contribution in [0.2, 0.25) is 5.02 Å². The van der Waals surface area contributed by atoms with Crippen molar-refractivity contribution in [3.05, 3.63) is 40.9 Å². The van der Waals surface area contributed by atoms with Crippen LogP contribution in [0.15, 0.2) is 30.4 Å². The largest absolute Gasteiger partial charge is 0.274 e. The lowest BCUT2D eigenvalue weighted by Gasteiger charge is -2.38. The summed E-state index contributed by atoms with van der Waals surface area (Å²) < 4.78 is 0. The summed E-state index contributed by atoms with van der Waals surface area (Å²) >= 11 is 6.05. The minimum atomic E-state index is -0.167. The Morgan fingerprint density at radius 2 is 1.62 bits per heavy atom. The van der Waals surface area contributed by atoms with Crippen molar-refractivity contribution in [3.63, 3.8) is 0 Å². The summed E-state index contributed by atoms with van der Waals surface area (Å²) in [5.41, 5.74) is 1.55. The number of carbonyl (C=O) groups excluding carboxylic acids is 2. The summed E-state index contributed by atoms with van der Waals surface area (Å²) in [5.74, 6) is 0.0185. The molecule has 4 aliphatic rings. The molecular weight excluding hydrogens is 286 g/mol. The van der Waals surface area contributed by atoms with Crippen LogP contribution in [0.4, 0.5) is 5.69 Å². The van der Waals surface area contributed by atoms with E-state index in [1.54, 1.807) is 12.1 Å². The van der Waals surface area contributed by atoms with E-state index in [1.807, 2.05) is 13.0 Å². The Morgan fingerprint density at radius 1 is 1.05 bits per heavy atom. The molecule has 0 N–H and O–H groups in total. The average Bonchev–Trinajstić information content (AvgIpc) is 2.77. The fourth-order valence-electron chi connectivity index (χ4n) is 4.14. The molecule has 2 amide bonds. The van der Waals surface area contributed by atoms with Gasteiger partial charge in [0.2, 0.25) is 11.8 Å². The van der Waals surface area contributed by atoms with Crippen LogP contribution in [0.25, 0.3) is 0 Å². The fourth-order valence-corrected chi connectivity index (χ4v) is 4.30. The van der Waals surface area contributed by atoms with Gasteiger partial charge < -0.3 is 0 Å². The maximum absolute atomic E-state index is 12.8. The second kappa shape index (κ2) is 4.44. The molecule has 0 aromatic heterocycles. The molecule has 21 heavy (non-hydrogen) atoms. The van der Waals surface area contributed by atoms with Crippen molar-refractivity contribution in [3.8, 4) is 0 Å². The van der Waals surface area contributed by atoms with Crippen LogP contribution in [-0.4, -0.2) is 11.8 Å². The lowest BCUT2D eigenvalue weighted by molar-refractivity contribution is -0.124. The number of nitrogens with zero attached hydrogens (tertiary/aromatic N) is 1. The van der Waals surface area contributed by atoms with E-state index in [2.05, 4.69) is 12.2 Å². The Labute approximate surface area is 128 Å². The maximum Gasteiger partial charge on any atom is 0.238 e. The van der Waals surface area contributed by atoms with Gasteiger partial charge in [-0.15, -0.1) is 0 Å². The molecule has 1 aliphatic heterocycles. The van der Waals surface area contributed by atoms with Crippen LogP contribution in [-0.2, 0) is 9.59 Å². The van der Waals surface area contributed by atoms with Gasteiger partial charge in [0.15, 0.2) is 0 Å². The quantitative estimate of drug-likeness (QED) is 0.589. The van der Waals surface area contributed by atoms with E-state index in [1.165, 1.54) is 4.90 Å². The van der Waals surface area contributed by atoms with Gasteiger partial charge in [-0.1, -0.05) is 29.8 Å². The van der Waals surface area contributed by atoms with E-state index in [4.69, 9.17) is 11.6 Å². The van der Waals surface area contributed by atoms with Crippen LogP contribution >= 0.6 is 11.6 Å². The molecule has 108 valence electrons. The molecule has 0 spiro atoms. The summed E-state index contributed by atoms with van der Waals surface area (Å²) in [6.45, 7) is 1.90. The van der Waals surface area contributed by atoms with Crippen molar-refractivity contribution in [1.82, 2.24) is 0 Å². The molecule has 1 aromatic rings. The van der Waals surface area contributed by atoms with Crippen molar-refractivity contribution < 1.29 is 9.59 Å². The predicted octanol–water partition coefficient (Wildman–Crippen LogP) is 3.35. The van der Waals surface area contributed by atoms with Gasteiger partial charge in [0.05, 0.1) is 17.5 Å². The molecule has 2 fully saturated rings. The summed E-state index contributed by atoms with van der Waals surface area (Å²) in [7, 11) is 0. The summed E-state index contributed by atoms with van der Waals surface area (Å²) in [6.07, 6.45) is 6.30. The third kappa shape index (κ3) is 1.73. The number of rotatable bonds is 1. The zero-order valence-electron chi connectivity index (χ0n) is 11.8. The van der Waals surface area contributed by atoms with Crippen LogP contribution in [0.3, 0.4) is 0 Å². The van der Waals surface area contributed by atoms with Gasteiger partial charge in [0.1, 0.15) is 0 Å². The van der Waals surface area contributed by atoms with Gasteiger partial charge >= 0.3 is 0 Å². The highest BCUT2D eigenvalue weighted by Gasteiger charge is 2.57. The van der Waals surface area contributed by atoms with Gasteiger partial charge in [-0.05, 0) is 49.3 Å². The van der Waals surface area contributed by atoms with Crippen molar-refractivity contribution in [2.24, 2.45) is 23.7 Å². The van der Waals surface area contributed by atoms with E-state index in [0.29, 0.717) is 10.7 Å². The topological polar surface area (TPSA) is 37.4 Å². The molecule has 4 heteroatoms. The number of amides is 2. The van der Waals surface area contributed by atoms with Crippen LogP contribution in [0.5, 0.6) is 0 Å². The lowest BCUT2D eigenvalue weighted by Crippen LogP contribution is -2.38. The highest BCUT2D eigenvalue weighted by atomic mass is 35.5. The molecule has 3 nitrogen and oxygen atoms in total. The normalized spacial score (nSPS) is 33.7. The number of carbonyl (C=O) groups is 2. The number of allylic oxidation sites excluding steroid dienone is 2. The van der Waals surface area contributed by atoms with Crippen molar-refractivity contribution in [2.75, 3.05) is 4.90 Å². The zero-order valence-corrected chi connectivity index (χ0v) is 12.5. The molecule has 1 saturated heterocycles. The summed E-state index contributed by atoms with van der Waals surface area (Å²) in [6, 6.07) is 5.36. The standard InChI is InChI=1S/C17H16ClNO2/c1-9-2-7-12(18)8-13(9)19-16(20)14-10-3-4-11(6-5-10)15(14)17(19)21/h2-4,7-8,10-11,14-15H,5-6H2,1H3/t10-,11-,14-,15+/m0/s1. The van der Waals surface area contributed by atoms with E-state index in [9.17, 15) is 9.59 Å². The molecule has 2 bridgehead atoms. The Balaban J connectivity index is 1.80. The molecule has 1 saturated carbocycles. The monoisotopic (exact) mass is 301 g/mol. The first-order valence-electron chi connectivity index (χ1n) is 7.40. The van der Waals surface area contributed by atoms with Gasteiger partial charge in [0.25, 0.3) is 0 Å². The number of hydrogen-bond donors (Lipinski definition) is 0. The summed E-state index contributed by atoms with van der Waals surface area (Å²) in [5, 5.41) is 0.548. The second-order valence-corrected chi connectivity index (χ2v) is 6.72. The minimum Gasteiger partial charge on any atom is -0.274 e. The first-order valence-corrected chi connectivity index (χ1v) is 7.78. The number of hydrogen-bond acceptors (Lipinski definition) is 2. The SMILES string of the molecule is Cc1ccc(Cl)cc1N1C(=O)[C@@H]2[C@H](C1=O)[C@H]1C=C[C@H]2CC1. The Morgan fingerprint density at radius 3 is 2.14 bits per heavy atom. The molecule has 0 radical (unpaired) electrons. The predicted molar refractivity (Wildman–Crippen MR) is 81.0 cm³/mol. The Kier molecular flexibility index (Phi) is 2.77. The number of halogens is 1. The van der Waals surface area contributed by atoms with Gasteiger partial charge in [-0.3, -0.25) is 9.59 Å². The van der Waals surface area contributed by atoms with E-state index in [-0.39, 0.29) is 35.5 Å². The van der Waals surface area contributed by atoms with Crippen LogP contribution in [0, 0.1) is 30.6 Å². The molecule has 4 atom stereocenters. The third-order valence-electron chi connectivity index (χ3n) is 5.17. The average molecular weight is 302 g/mol. The number of anilines is 1. The number of benzene rings is 1. The van der Waals surface area contributed by atoms with Crippen LogP contribution < -0.4 is 4.90 Å². The molecule has 1 aromatic carbocycles. The van der Waals surface area contributed by atoms with Gasteiger partial charge in [-0.2, -0.15) is 0 Å². The van der Waals surface area contributed by atoms with Gasteiger partial charge in [-0.25, -0.2) is 4.90 Å². The Hall–Kier alpha value is -1.61. The highest BCUT2D eigenvalue weighted by molar-refractivity contribution is 6.31. The van der Waals surface area contributed by atoms with Crippen molar-refractivity contribution in [1.29, 1.82) is 0 Å². The van der Waals surface area contributed by atoms with Crippen molar-refractivity contribution in [2.45, 2.75) is 19.8 Å². The molecule has 1 heterocycles. The van der Waals surface area contributed by atoms with Crippen molar-refractivity contribution >= 4 is 29.1 Å². The maximum atomic E-state index is 12.8. The zero-order chi connectivity index (χ0) is 14.7. The van der Waals surface area contributed by atoms with E-state index < -0.39 is 0 Å². The highest BCUT2D eigenvalue weighted by Crippen LogP contribution is 2.50. The fraction of sp³-hybridized carbons (Fsp3) is 0.412. The molecule has 3 aliphatic carbocycles. The van der Waals surface area contributed by atoms with E-state index >= 15 is 0 Å². The number of fused-ring (bicyclic) bond motifs is 1. The second-order valence-electron chi connectivity index (χ2n) is 6.28. The number of imide groups is 1. The first-order chi connectivity index (χ1) is 10.1. The molecule has 5 rings (SSSR count). The lowest BCUT2D eigenvalue weighted by atomic mass is 9.63. The Bertz CT molecular complexity index is 649.